The zero-order valence-corrected chi connectivity index (χ0v) is 17.9. The van der Waals surface area contributed by atoms with Crippen LogP contribution in [-0.2, 0) is 0 Å². The van der Waals surface area contributed by atoms with Crippen LogP contribution in [0.25, 0.3) is 0 Å². The van der Waals surface area contributed by atoms with Crippen LogP contribution in [0.5, 0.6) is 5.75 Å². The van der Waals surface area contributed by atoms with Gasteiger partial charge in [-0.3, -0.25) is 0 Å². The lowest BCUT2D eigenvalue weighted by Crippen LogP contribution is -2.26. The number of rotatable bonds is 15. The lowest BCUT2D eigenvalue weighted by Gasteiger charge is -2.26. The third kappa shape index (κ3) is 8.96. The molecule has 0 heterocycles. The Morgan fingerprint density at radius 2 is 1.04 bits per heavy atom. The zero-order valence-electron chi connectivity index (χ0n) is 17.9. The van der Waals surface area contributed by atoms with Crippen molar-refractivity contribution in [3.05, 3.63) is 23.3 Å². The van der Waals surface area contributed by atoms with E-state index in [1.165, 1.54) is 82.7 Å². The summed E-state index contributed by atoms with van der Waals surface area (Å²) >= 11 is 0. The highest BCUT2D eigenvalue weighted by molar-refractivity contribution is 5.56. The summed E-state index contributed by atoms with van der Waals surface area (Å²) in [5.74, 6) is 0.452. The van der Waals surface area contributed by atoms with Gasteiger partial charge in [0.25, 0.3) is 0 Å². The molecule has 0 aliphatic carbocycles. The molecule has 0 spiro atoms. The van der Waals surface area contributed by atoms with Crippen molar-refractivity contribution >= 4 is 5.69 Å². The van der Waals surface area contributed by atoms with Crippen LogP contribution < -0.4 is 4.90 Å². The maximum atomic E-state index is 10.1. The second-order valence-electron chi connectivity index (χ2n) is 7.95. The Morgan fingerprint density at radius 3 is 1.46 bits per heavy atom. The molecule has 0 radical (unpaired) electrons. The quantitative estimate of drug-likeness (QED) is 0.326. The maximum absolute atomic E-state index is 10.1. The first-order valence-corrected chi connectivity index (χ1v) is 11.1. The SMILES string of the molecule is CCCCCCCCN(CCCCCCCC)c1cc(C)c(O)c(C)c1. The Labute approximate surface area is 163 Å². The van der Waals surface area contributed by atoms with Gasteiger partial charge < -0.3 is 10.0 Å². The molecule has 0 saturated carbocycles. The normalized spacial score (nSPS) is 11.1. The van der Waals surface area contributed by atoms with Gasteiger partial charge in [0.15, 0.2) is 0 Å². The van der Waals surface area contributed by atoms with E-state index in [1.54, 1.807) is 0 Å². The lowest BCUT2D eigenvalue weighted by molar-refractivity contribution is 0.467. The molecule has 0 aliphatic rings. The van der Waals surface area contributed by atoms with Crippen LogP contribution in [0.1, 0.15) is 102 Å². The number of hydrogen-bond acceptors (Lipinski definition) is 2. The van der Waals surface area contributed by atoms with Crippen molar-refractivity contribution in [3.8, 4) is 5.75 Å². The second-order valence-corrected chi connectivity index (χ2v) is 7.95. The van der Waals surface area contributed by atoms with Crippen molar-refractivity contribution in [2.75, 3.05) is 18.0 Å². The minimum atomic E-state index is 0.452. The molecule has 0 bridgehead atoms. The molecule has 0 atom stereocenters. The van der Waals surface area contributed by atoms with Crippen LogP contribution in [0.4, 0.5) is 5.69 Å². The van der Waals surface area contributed by atoms with Crippen LogP contribution in [-0.4, -0.2) is 18.2 Å². The average molecular weight is 362 g/mol. The van der Waals surface area contributed by atoms with E-state index in [0.717, 1.165) is 24.2 Å². The predicted molar refractivity (Wildman–Crippen MR) is 117 cm³/mol. The summed E-state index contributed by atoms with van der Waals surface area (Å²) in [6.45, 7) is 10.9. The number of aryl methyl sites for hydroxylation is 2. The van der Waals surface area contributed by atoms with E-state index in [4.69, 9.17) is 0 Å². The molecule has 150 valence electrons. The van der Waals surface area contributed by atoms with Gasteiger partial charge in [0.1, 0.15) is 5.75 Å². The van der Waals surface area contributed by atoms with Crippen molar-refractivity contribution < 1.29 is 5.11 Å². The number of phenolic OH excluding ortho intramolecular Hbond substituents is 1. The highest BCUT2D eigenvalue weighted by Gasteiger charge is 2.10. The van der Waals surface area contributed by atoms with Gasteiger partial charge in [0.2, 0.25) is 0 Å². The molecule has 26 heavy (non-hydrogen) atoms. The van der Waals surface area contributed by atoms with E-state index >= 15 is 0 Å². The molecule has 0 aromatic heterocycles. The number of nitrogens with zero attached hydrogens (tertiary/aromatic N) is 1. The van der Waals surface area contributed by atoms with Gasteiger partial charge >= 0.3 is 0 Å². The van der Waals surface area contributed by atoms with E-state index in [1.807, 2.05) is 13.8 Å². The zero-order chi connectivity index (χ0) is 19.2. The molecule has 1 N–H and O–H groups in total. The molecule has 0 saturated heterocycles. The van der Waals surface area contributed by atoms with E-state index in [-0.39, 0.29) is 0 Å². The highest BCUT2D eigenvalue weighted by atomic mass is 16.3. The summed E-state index contributed by atoms with van der Waals surface area (Å²) in [5, 5.41) is 10.1. The van der Waals surface area contributed by atoms with Gasteiger partial charge in [-0.2, -0.15) is 0 Å². The van der Waals surface area contributed by atoms with E-state index in [9.17, 15) is 5.11 Å². The minimum Gasteiger partial charge on any atom is -0.507 e. The molecular weight excluding hydrogens is 318 g/mol. The molecule has 0 amide bonds. The summed E-state index contributed by atoms with van der Waals surface area (Å²) < 4.78 is 0. The van der Waals surface area contributed by atoms with Crippen molar-refractivity contribution in [2.24, 2.45) is 0 Å². The number of phenols is 1. The van der Waals surface area contributed by atoms with Gasteiger partial charge in [0, 0.05) is 18.8 Å². The first-order valence-electron chi connectivity index (χ1n) is 11.1. The maximum Gasteiger partial charge on any atom is 0.121 e. The molecule has 1 aromatic rings. The summed E-state index contributed by atoms with van der Waals surface area (Å²) in [7, 11) is 0. The molecule has 2 heteroatoms. The molecule has 0 aliphatic heterocycles. The number of anilines is 1. The topological polar surface area (TPSA) is 23.5 Å². The van der Waals surface area contributed by atoms with Crippen LogP contribution in [0.3, 0.4) is 0 Å². The molecule has 0 fully saturated rings. The van der Waals surface area contributed by atoms with Gasteiger partial charge in [-0.1, -0.05) is 78.1 Å². The van der Waals surface area contributed by atoms with E-state index in [0.29, 0.717) is 5.75 Å². The number of aromatic hydroxyl groups is 1. The Kier molecular flexibility index (Phi) is 12.3. The summed E-state index contributed by atoms with van der Waals surface area (Å²) in [4.78, 5) is 2.55. The van der Waals surface area contributed by atoms with Crippen molar-refractivity contribution in [1.29, 1.82) is 0 Å². The summed E-state index contributed by atoms with van der Waals surface area (Å²) in [6, 6.07) is 4.33. The third-order valence-electron chi connectivity index (χ3n) is 5.40. The average Bonchev–Trinajstić information content (AvgIpc) is 2.63. The summed E-state index contributed by atoms with van der Waals surface area (Å²) in [6.07, 6.45) is 16.1. The van der Waals surface area contributed by atoms with Gasteiger partial charge in [-0.25, -0.2) is 0 Å². The Morgan fingerprint density at radius 1 is 0.654 bits per heavy atom. The van der Waals surface area contributed by atoms with E-state index < -0.39 is 0 Å². The van der Waals surface area contributed by atoms with E-state index in [2.05, 4.69) is 30.9 Å². The van der Waals surface area contributed by atoms with Gasteiger partial charge in [-0.05, 0) is 49.9 Å². The Bertz CT molecular complexity index is 444. The largest absolute Gasteiger partial charge is 0.507 e. The minimum absolute atomic E-state index is 0.452. The Balaban J connectivity index is 2.54. The predicted octanol–water partition coefficient (Wildman–Crippen LogP) is 7.54. The Hall–Kier alpha value is -1.18. The van der Waals surface area contributed by atoms with Crippen LogP contribution in [0, 0.1) is 13.8 Å². The van der Waals surface area contributed by atoms with Gasteiger partial charge in [0.05, 0.1) is 0 Å². The first kappa shape index (κ1) is 22.9. The first-order chi connectivity index (χ1) is 12.6. The number of unbranched alkanes of at least 4 members (excludes halogenated alkanes) is 10. The van der Waals surface area contributed by atoms with Gasteiger partial charge in [-0.15, -0.1) is 0 Å². The fourth-order valence-corrected chi connectivity index (χ4v) is 3.65. The molecule has 2 nitrogen and oxygen atoms in total. The smallest absolute Gasteiger partial charge is 0.121 e. The highest BCUT2D eigenvalue weighted by Crippen LogP contribution is 2.28. The fraction of sp³-hybridized carbons (Fsp3) is 0.750. The fourth-order valence-electron chi connectivity index (χ4n) is 3.65. The van der Waals surface area contributed by atoms with Crippen LogP contribution in [0.2, 0.25) is 0 Å². The molecule has 0 unspecified atom stereocenters. The molecule has 1 aromatic carbocycles. The van der Waals surface area contributed by atoms with Crippen molar-refractivity contribution in [3.63, 3.8) is 0 Å². The van der Waals surface area contributed by atoms with Crippen LogP contribution >= 0.6 is 0 Å². The number of benzene rings is 1. The number of hydrogen-bond donors (Lipinski definition) is 1. The third-order valence-corrected chi connectivity index (χ3v) is 5.40. The molecular formula is C24H43NO. The van der Waals surface area contributed by atoms with Crippen molar-refractivity contribution in [1.82, 2.24) is 0 Å². The van der Waals surface area contributed by atoms with Crippen LogP contribution in [0.15, 0.2) is 12.1 Å². The molecule has 1 rings (SSSR count). The standard InChI is InChI=1S/C24H43NO/c1-5-7-9-11-13-15-17-25(18-16-14-12-10-8-6-2)23-19-21(3)24(26)22(4)20-23/h19-20,26H,5-18H2,1-4H3. The summed E-state index contributed by atoms with van der Waals surface area (Å²) in [5.41, 5.74) is 3.28. The second kappa shape index (κ2) is 13.9. The monoisotopic (exact) mass is 361 g/mol. The lowest BCUT2D eigenvalue weighted by atomic mass is 10.1. The van der Waals surface area contributed by atoms with Crippen molar-refractivity contribution in [2.45, 2.75) is 105 Å².